The molecule has 0 radical (unpaired) electrons. The van der Waals surface area contributed by atoms with Crippen LogP contribution in [0, 0.1) is 0 Å². The van der Waals surface area contributed by atoms with Gasteiger partial charge in [0.05, 0.1) is 0 Å². The van der Waals surface area contributed by atoms with E-state index in [0.29, 0.717) is 4.72 Å². The Labute approximate surface area is 125 Å². The van der Waals surface area contributed by atoms with Crippen molar-refractivity contribution in [2.75, 3.05) is 0 Å². The van der Waals surface area contributed by atoms with Crippen LogP contribution in [0.1, 0.15) is 11.0 Å². The summed E-state index contributed by atoms with van der Waals surface area (Å²) in [4.78, 5) is 0. The number of ether oxygens (including phenoxy) is 1. The smallest absolute Gasteiger partial charge is 0.468 e. The van der Waals surface area contributed by atoms with E-state index in [-0.39, 0.29) is 11.3 Å². The number of benzene rings is 2. The van der Waals surface area contributed by atoms with Gasteiger partial charge in [0, 0.05) is 5.56 Å². The van der Waals surface area contributed by atoms with Crippen molar-refractivity contribution in [1.29, 1.82) is 0 Å². The number of hydrogen-bond donors (Lipinski definition) is 1. The number of sulfonamides is 1. The largest absolute Gasteiger partial charge is 0.470 e. The predicted octanol–water partition coefficient (Wildman–Crippen LogP) is 3.20. The van der Waals surface area contributed by atoms with Gasteiger partial charge in [-0.1, -0.05) is 48.5 Å². The van der Waals surface area contributed by atoms with Crippen molar-refractivity contribution in [3.05, 3.63) is 66.2 Å². The van der Waals surface area contributed by atoms with Crippen molar-refractivity contribution < 1.29 is 26.3 Å². The second-order valence-corrected chi connectivity index (χ2v) is 6.04. The van der Waals surface area contributed by atoms with Crippen LogP contribution < -0.4 is 9.46 Å². The SMILES string of the molecule is O=S(=O)(NC(F)(F)F)C(Oc1ccccc1)c1ccccc1. The Kier molecular flexibility index (Phi) is 4.72. The van der Waals surface area contributed by atoms with E-state index in [2.05, 4.69) is 0 Å². The van der Waals surface area contributed by atoms with Gasteiger partial charge in [-0.25, -0.2) is 8.42 Å². The molecule has 1 atom stereocenters. The molecule has 0 heterocycles. The van der Waals surface area contributed by atoms with Crippen LogP contribution in [0.2, 0.25) is 0 Å². The zero-order valence-electron chi connectivity index (χ0n) is 11.1. The standard InChI is InChI=1S/C14H12F3NO3S/c15-14(16,17)18-22(19,20)13(11-7-3-1-4-8-11)21-12-9-5-2-6-10-12/h1-10,13,18H. The highest BCUT2D eigenvalue weighted by Crippen LogP contribution is 2.28. The first-order valence-corrected chi connectivity index (χ1v) is 7.69. The van der Waals surface area contributed by atoms with Crippen molar-refractivity contribution in [2.45, 2.75) is 11.7 Å². The summed E-state index contributed by atoms with van der Waals surface area (Å²) in [6, 6.07) is 15.2. The molecule has 0 fully saturated rings. The van der Waals surface area contributed by atoms with Gasteiger partial charge in [0.15, 0.2) is 0 Å². The average molecular weight is 331 g/mol. The second-order valence-electron chi connectivity index (χ2n) is 4.32. The zero-order valence-corrected chi connectivity index (χ0v) is 11.9. The third kappa shape index (κ3) is 4.47. The van der Waals surface area contributed by atoms with E-state index < -0.39 is 21.8 Å². The van der Waals surface area contributed by atoms with Crippen LogP contribution in [-0.2, 0) is 10.0 Å². The Morgan fingerprint density at radius 3 is 1.91 bits per heavy atom. The van der Waals surface area contributed by atoms with Crippen LogP contribution in [0.5, 0.6) is 5.75 Å². The zero-order chi connectivity index (χ0) is 16.2. The lowest BCUT2D eigenvalue weighted by atomic mass is 10.2. The summed E-state index contributed by atoms with van der Waals surface area (Å²) in [6.07, 6.45) is -5.08. The maximum atomic E-state index is 12.4. The molecule has 118 valence electrons. The predicted molar refractivity (Wildman–Crippen MR) is 74.4 cm³/mol. The minimum atomic E-state index is -5.08. The summed E-state index contributed by atoms with van der Waals surface area (Å²) in [5, 5.41) is 0. The first kappa shape index (κ1) is 16.3. The average Bonchev–Trinajstić information content (AvgIpc) is 2.44. The van der Waals surface area contributed by atoms with Crippen LogP contribution in [0.3, 0.4) is 0 Å². The van der Waals surface area contributed by atoms with Crippen molar-refractivity contribution in [3.8, 4) is 5.75 Å². The molecular formula is C14H12F3NO3S. The molecule has 0 bridgehead atoms. The molecule has 2 aromatic carbocycles. The minimum Gasteiger partial charge on any atom is -0.468 e. The summed E-state index contributed by atoms with van der Waals surface area (Å²) >= 11 is 0. The maximum absolute atomic E-state index is 12.4. The summed E-state index contributed by atoms with van der Waals surface area (Å²) in [5.74, 6) is 0.143. The molecule has 0 aliphatic heterocycles. The second kappa shape index (κ2) is 6.37. The fraction of sp³-hybridized carbons (Fsp3) is 0.143. The topological polar surface area (TPSA) is 55.4 Å². The van der Waals surface area contributed by atoms with Crippen LogP contribution in [0.15, 0.2) is 60.7 Å². The van der Waals surface area contributed by atoms with Gasteiger partial charge in [0.25, 0.3) is 10.0 Å². The van der Waals surface area contributed by atoms with Crippen molar-refractivity contribution in [3.63, 3.8) is 0 Å². The first-order valence-electron chi connectivity index (χ1n) is 6.14. The highest BCUT2D eigenvalue weighted by molar-refractivity contribution is 7.89. The third-order valence-electron chi connectivity index (χ3n) is 2.60. The molecule has 0 spiro atoms. The van der Waals surface area contributed by atoms with E-state index in [1.165, 1.54) is 36.4 Å². The summed E-state index contributed by atoms with van der Waals surface area (Å²) in [6.45, 7) is 0. The van der Waals surface area contributed by atoms with Crippen molar-refractivity contribution in [1.82, 2.24) is 4.72 Å². The molecular weight excluding hydrogens is 319 g/mol. The van der Waals surface area contributed by atoms with Gasteiger partial charge in [0.2, 0.25) is 5.44 Å². The Morgan fingerprint density at radius 2 is 1.41 bits per heavy atom. The summed E-state index contributed by atoms with van der Waals surface area (Å²) in [5.41, 5.74) is -1.74. The number of hydrogen-bond acceptors (Lipinski definition) is 3. The van der Waals surface area contributed by atoms with Crippen molar-refractivity contribution >= 4 is 10.0 Å². The number of para-hydroxylation sites is 1. The van der Waals surface area contributed by atoms with Crippen LogP contribution >= 0.6 is 0 Å². The molecule has 2 rings (SSSR count). The lowest BCUT2D eigenvalue weighted by molar-refractivity contribution is -0.138. The Morgan fingerprint density at radius 1 is 0.909 bits per heavy atom. The third-order valence-corrected chi connectivity index (χ3v) is 4.05. The molecule has 0 amide bonds. The van der Waals surface area contributed by atoms with Crippen molar-refractivity contribution in [2.24, 2.45) is 0 Å². The lowest BCUT2D eigenvalue weighted by Gasteiger charge is -2.21. The van der Waals surface area contributed by atoms with Gasteiger partial charge >= 0.3 is 6.30 Å². The molecule has 0 aromatic heterocycles. The Bertz CT molecular complexity index is 703. The van der Waals surface area contributed by atoms with E-state index in [4.69, 9.17) is 4.74 Å². The van der Waals surface area contributed by atoms with E-state index in [1.807, 2.05) is 0 Å². The summed E-state index contributed by atoms with van der Waals surface area (Å²) < 4.78 is 67.2. The van der Waals surface area contributed by atoms with E-state index >= 15 is 0 Å². The Hall–Kier alpha value is -2.06. The number of halogens is 3. The normalized spacial score (nSPS) is 13.6. The van der Waals surface area contributed by atoms with Crippen LogP contribution in [0.4, 0.5) is 13.2 Å². The number of nitrogens with one attached hydrogen (secondary N) is 1. The van der Waals surface area contributed by atoms with Crippen LogP contribution in [0.25, 0.3) is 0 Å². The van der Waals surface area contributed by atoms with Gasteiger partial charge in [0.1, 0.15) is 5.75 Å². The molecule has 0 aliphatic rings. The van der Waals surface area contributed by atoms with Crippen LogP contribution in [-0.4, -0.2) is 14.7 Å². The fourth-order valence-electron chi connectivity index (χ4n) is 1.76. The number of alkyl halides is 3. The molecule has 0 saturated carbocycles. The van der Waals surface area contributed by atoms with Gasteiger partial charge in [-0.05, 0) is 12.1 Å². The van der Waals surface area contributed by atoms with Gasteiger partial charge in [-0.2, -0.15) is 13.2 Å². The first-order chi connectivity index (χ1) is 10.3. The molecule has 2 aromatic rings. The molecule has 8 heteroatoms. The molecule has 0 saturated heterocycles. The fourth-order valence-corrected chi connectivity index (χ4v) is 2.94. The van der Waals surface area contributed by atoms with E-state index in [1.54, 1.807) is 24.3 Å². The highest BCUT2D eigenvalue weighted by Gasteiger charge is 2.40. The van der Waals surface area contributed by atoms with Gasteiger partial charge < -0.3 is 4.74 Å². The van der Waals surface area contributed by atoms with E-state index in [9.17, 15) is 21.6 Å². The maximum Gasteiger partial charge on any atom is 0.470 e. The summed E-state index contributed by atoms with van der Waals surface area (Å²) in [7, 11) is -4.83. The van der Waals surface area contributed by atoms with Gasteiger partial charge in [-0.3, -0.25) is 0 Å². The number of rotatable bonds is 5. The minimum absolute atomic E-state index is 0.0862. The monoisotopic (exact) mass is 331 g/mol. The molecule has 1 N–H and O–H groups in total. The molecule has 4 nitrogen and oxygen atoms in total. The molecule has 0 aliphatic carbocycles. The molecule has 22 heavy (non-hydrogen) atoms. The van der Waals surface area contributed by atoms with Gasteiger partial charge in [-0.15, -0.1) is 4.72 Å². The highest BCUT2D eigenvalue weighted by atomic mass is 32.2. The quantitative estimate of drug-likeness (QED) is 0.856. The molecule has 1 unspecified atom stereocenters. The Balaban J connectivity index is 2.38. The lowest BCUT2D eigenvalue weighted by Crippen LogP contribution is -2.41. The van der Waals surface area contributed by atoms with E-state index in [0.717, 1.165) is 0 Å².